The van der Waals surface area contributed by atoms with E-state index in [-0.39, 0.29) is 24.1 Å². The fourth-order valence-electron chi connectivity index (χ4n) is 6.54. The van der Waals surface area contributed by atoms with Crippen molar-refractivity contribution in [2.45, 2.75) is 83.0 Å². The minimum absolute atomic E-state index is 0.0156. The van der Waals surface area contributed by atoms with Crippen molar-refractivity contribution >= 4 is 16.9 Å². The van der Waals surface area contributed by atoms with E-state index in [4.69, 9.17) is 9.47 Å². The zero-order valence-electron chi connectivity index (χ0n) is 19.8. The number of hydrogen-bond donors (Lipinski definition) is 1. The lowest BCUT2D eigenvalue weighted by molar-refractivity contribution is -0.164. The third-order valence-corrected chi connectivity index (χ3v) is 7.97. The number of piperidine rings is 1. The summed E-state index contributed by atoms with van der Waals surface area (Å²) in [7, 11) is 1.75. The van der Waals surface area contributed by atoms with Crippen LogP contribution in [0.3, 0.4) is 0 Å². The Kier molecular flexibility index (Phi) is 6.31. The van der Waals surface area contributed by atoms with Gasteiger partial charge < -0.3 is 14.5 Å². The van der Waals surface area contributed by atoms with E-state index < -0.39 is 0 Å². The third kappa shape index (κ3) is 4.10. The quantitative estimate of drug-likeness (QED) is 0.525. The van der Waals surface area contributed by atoms with Gasteiger partial charge in [-0.05, 0) is 55.2 Å². The van der Waals surface area contributed by atoms with Gasteiger partial charge in [-0.2, -0.15) is 0 Å². The van der Waals surface area contributed by atoms with Gasteiger partial charge in [0.15, 0.2) is 0 Å². The topological polar surface area (TPSA) is 54.6 Å². The molecule has 1 saturated carbocycles. The second kappa shape index (κ2) is 9.18. The predicted molar refractivity (Wildman–Crippen MR) is 127 cm³/mol. The number of nitrogens with one attached hydrogen (secondary N) is 1. The summed E-state index contributed by atoms with van der Waals surface area (Å²) in [6.45, 7) is 6.37. The number of likely N-dealkylation sites (tertiary alicyclic amines) is 1. The summed E-state index contributed by atoms with van der Waals surface area (Å²) in [5, 5.41) is 1.38. The highest BCUT2D eigenvalue weighted by atomic mass is 16.6. The van der Waals surface area contributed by atoms with Crippen molar-refractivity contribution in [1.29, 1.82) is 0 Å². The van der Waals surface area contributed by atoms with Crippen molar-refractivity contribution < 1.29 is 14.3 Å². The van der Waals surface area contributed by atoms with E-state index in [0.29, 0.717) is 17.9 Å². The molecule has 1 aliphatic heterocycles. The number of nitrogens with zero attached hydrogens (tertiary/aromatic N) is 1. The maximum Gasteiger partial charge on any atom is 0.310 e. The summed E-state index contributed by atoms with van der Waals surface area (Å²) in [4.78, 5) is 19.5. The first-order valence-electron chi connectivity index (χ1n) is 12.6. The van der Waals surface area contributed by atoms with E-state index in [0.717, 1.165) is 51.6 Å². The molecule has 2 aliphatic carbocycles. The van der Waals surface area contributed by atoms with Gasteiger partial charge >= 0.3 is 5.97 Å². The molecule has 1 saturated heterocycles. The van der Waals surface area contributed by atoms with Crippen molar-refractivity contribution in [3.63, 3.8) is 0 Å². The molecule has 5 atom stereocenters. The Morgan fingerprint density at radius 1 is 1.19 bits per heavy atom. The van der Waals surface area contributed by atoms with Gasteiger partial charge in [-0.3, -0.25) is 9.69 Å². The maximum absolute atomic E-state index is 13.5. The second-order valence-corrected chi connectivity index (χ2v) is 10.6. The summed E-state index contributed by atoms with van der Waals surface area (Å²) in [6, 6.07) is 7.06. The van der Waals surface area contributed by atoms with Gasteiger partial charge in [-0.25, -0.2) is 0 Å². The van der Waals surface area contributed by atoms with Crippen LogP contribution in [0.4, 0.5) is 0 Å². The fraction of sp³-hybridized carbons (Fsp3) is 0.667. The van der Waals surface area contributed by atoms with Crippen molar-refractivity contribution in [2.24, 2.45) is 11.8 Å². The van der Waals surface area contributed by atoms with Crippen LogP contribution in [0.2, 0.25) is 0 Å². The number of hydrogen-bond acceptors (Lipinski definition) is 4. The average Bonchev–Trinajstić information content (AvgIpc) is 3.06. The van der Waals surface area contributed by atoms with Gasteiger partial charge in [-0.1, -0.05) is 38.8 Å². The number of aromatic amines is 1. The van der Waals surface area contributed by atoms with Gasteiger partial charge in [0.1, 0.15) is 6.10 Å². The predicted octanol–water partition coefficient (Wildman–Crippen LogP) is 5.05. The van der Waals surface area contributed by atoms with E-state index in [1.54, 1.807) is 7.11 Å². The van der Waals surface area contributed by atoms with Crippen LogP contribution in [0.15, 0.2) is 24.4 Å². The molecule has 0 amide bonds. The molecule has 174 valence electrons. The third-order valence-electron chi connectivity index (χ3n) is 7.97. The maximum atomic E-state index is 13.5. The number of benzene rings is 1. The monoisotopic (exact) mass is 438 g/mol. The number of carbonyl (C=O) groups excluding carboxylic acids is 1. The van der Waals surface area contributed by atoms with Crippen LogP contribution in [0.5, 0.6) is 0 Å². The van der Waals surface area contributed by atoms with Crippen LogP contribution >= 0.6 is 0 Å². The summed E-state index contributed by atoms with van der Waals surface area (Å²) in [5.74, 6) is 0.845. The van der Waals surface area contributed by atoms with Crippen molar-refractivity contribution in [3.05, 3.63) is 35.5 Å². The smallest absolute Gasteiger partial charge is 0.310 e. The first kappa shape index (κ1) is 22.0. The minimum atomic E-state index is -0.0997. The van der Waals surface area contributed by atoms with Crippen LogP contribution in [-0.4, -0.2) is 54.3 Å². The van der Waals surface area contributed by atoms with Crippen LogP contribution in [0.25, 0.3) is 10.9 Å². The summed E-state index contributed by atoms with van der Waals surface area (Å²) in [5.41, 5.74) is 4.05. The Labute approximate surface area is 191 Å². The first-order valence-corrected chi connectivity index (χ1v) is 12.6. The molecular formula is C27H38N2O3. The van der Waals surface area contributed by atoms with E-state index >= 15 is 0 Å². The Morgan fingerprint density at radius 3 is 2.78 bits per heavy atom. The zero-order valence-corrected chi connectivity index (χ0v) is 19.8. The second-order valence-electron chi connectivity index (χ2n) is 10.6. The SMILES string of the molecule is COC1CCCCCC1OC(=O)C1CC2c3cccc4[nH]cc(c34)C[C@H]2N(CC(C)C)C1. The number of methoxy groups -OCH3 is 1. The minimum Gasteiger partial charge on any atom is -0.459 e. The highest BCUT2D eigenvalue weighted by Crippen LogP contribution is 2.45. The van der Waals surface area contributed by atoms with Crippen LogP contribution < -0.4 is 0 Å². The van der Waals surface area contributed by atoms with Crippen LogP contribution in [0.1, 0.15) is 69.4 Å². The highest BCUT2D eigenvalue weighted by molar-refractivity contribution is 5.88. The van der Waals surface area contributed by atoms with E-state index in [2.05, 4.69) is 48.1 Å². The van der Waals surface area contributed by atoms with Gasteiger partial charge in [-0.15, -0.1) is 0 Å². The molecule has 1 aromatic heterocycles. The molecule has 0 bridgehead atoms. The molecule has 32 heavy (non-hydrogen) atoms. The van der Waals surface area contributed by atoms with Crippen molar-refractivity contribution in [1.82, 2.24) is 9.88 Å². The van der Waals surface area contributed by atoms with Gasteiger partial charge in [0.25, 0.3) is 0 Å². The molecule has 2 fully saturated rings. The normalized spacial score (nSPS) is 30.8. The molecule has 5 nitrogen and oxygen atoms in total. The van der Waals surface area contributed by atoms with Crippen molar-refractivity contribution in [2.75, 3.05) is 20.2 Å². The number of esters is 1. The Morgan fingerprint density at radius 2 is 2.00 bits per heavy atom. The molecular weight excluding hydrogens is 400 g/mol. The van der Waals surface area contributed by atoms with E-state index in [1.165, 1.54) is 28.5 Å². The highest BCUT2D eigenvalue weighted by Gasteiger charge is 2.44. The molecule has 1 aromatic carbocycles. The van der Waals surface area contributed by atoms with Crippen LogP contribution in [-0.2, 0) is 20.7 Å². The fourth-order valence-corrected chi connectivity index (χ4v) is 6.54. The number of aromatic nitrogens is 1. The number of carbonyl (C=O) groups is 1. The van der Waals surface area contributed by atoms with Crippen LogP contribution in [0, 0.1) is 11.8 Å². The first-order chi connectivity index (χ1) is 15.5. The molecule has 0 radical (unpaired) electrons. The molecule has 0 spiro atoms. The summed E-state index contributed by atoms with van der Waals surface area (Å²) >= 11 is 0. The molecule has 3 aliphatic rings. The molecule has 1 N–H and O–H groups in total. The van der Waals surface area contributed by atoms with Gasteiger partial charge in [0, 0.05) is 49.3 Å². The van der Waals surface area contributed by atoms with E-state index in [1.807, 2.05) is 0 Å². The molecule has 2 heterocycles. The van der Waals surface area contributed by atoms with E-state index in [9.17, 15) is 4.79 Å². The number of fused-ring (bicyclic) bond motifs is 2. The average molecular weight is 439 g/mol. The zero-order chi connectivity index (χ0) is 22.2. The molecule has 2 aromatic rings. The van der Waals surface area contributed by atoms with Gasteiger partial charge in [0.2, 0.25) is 0 Å². The molecule has 4 unspecified atom stereocenters. The van der Waals surface area contributed by atoms with Crippen molar-refractivity contribution in [3.8, 4) is 0 Å². The molecule has 5 rings (SSSR count). The van der Waals surface area contributed by atoms with Gasteiger partial charge in [0.05, 0.1) is 12.0 Å². The lowest BCUT2D eigenvalue weighted by atomic mass is 9.72. The Balaban J connectivity index is 1.40. The lowest BCUT2D eigenvalue weighted by Crippen LogP contribution is -2.53. The number of H-pyrrole nitrogens is 1. The number of ether oxygens (including phenoxy) is 2. The summed E-state index contributed by atoms with van der Waals surface area (Å²) < 4.78 is 11.9. The summed E-state index contributed by atoms with van der Waals surface area (Å²) in [6.07, 6.45) is 9.45. The standard InChI is InChI=1S/C27H38N2O3/c1-17(2)15-29-16-19(27(30)32-25-11-6-4-5-10-24(25)31-3)12-21-20-8-7-9-22-26(20)18(14-28-22)13-23(21)29/h7-9,14,17,19,21,23-25,28H,4-6,10-13,15-16H2,1-3H3/t19?,21?,23-,24?,25?/m1/s1. The Bertz CT molecular complexity index is 952. The lowest BCUT2D eigenvalue weighted by Gasteiger charge is -2.47. The largest absolute Gasteiger partial charge is 0.459 e. The number of rotatable bonds is 5. The molecule has 5 heteroatoms. The Hall–Kier alpha value is -1.85.